The van der Waals surface area contributed by atoms with Crippen LogP contribution in [0.5, 0.6) is 0 Å². The Morgan fingerprint density at radius 3 is 2.82 bits per heavy atom. The molecule has 1 heterocycles. The van der Waals surface area contributed by atoms with E-state index in [4.69, 9.17) is 0 Å². The SMILES string of the molecule is CCCC1CN(CC2CCCCC2C)CCN1. The standard InChI is InChI=1S/C15H30N2/c1-3-6-15-12-17(10-9-16-15)11-14-8-5-4-7-13(14)2/h13-16H,3-12H2,1-2H3. The minimum absolute atomic E-state index is 0.757. The smallest absolute Gasteiger partial charge is 0.0195 e. The highest BCUT2D eigenvalue weighted by Crippen LogP contribution is 2.30. The lowest BCUT2D eigenvalue weighted by Gasteiger charge is -2.38. The molecule has 1 aliphatic carbocycles. The summed E-state index contributed by atoms with van der Waals surface area (Å²) >= 11 is 0. The molecule has 0 aromatic heterocycles. The second-order valence-corrected chi connectivity index (χ2v) is 6.22. The fraction of sp³-hybridized carbons (Fsp3) is 1.00. The van der Waals surface area contributed by atoms with Gasteiger partial charge in [0.05, 0.1) is 0 Å². The third-order valence-corrected chi connectivity index (χ3v) is 4.76. The molecule has 0 spiro atoms. The van der Waals surface area contributed by atoms with E-state index < -0.39 is 0 Å². The molecule has 1 saturated heterocycles. The molecule has 100 valence electrons. The Morgan fingerprint density at radius 1 is 1.24 bits per heavy atom. The Hall–Kier alpha value is -0.0800. The number of piperazine rings is 1. The van der Waals surface area contributed by atoms with E-state index in [-0.39, 0.29) is 0 Å². The molecule has 2 fully saturated rings. The van der Waals surface area contributed by atoms with Crippen molar-refractivity contribution in [2.24, 2.45) is 11.8 Å². The van der Waals surface area contributed by atoms with E-state index in [1.165, 1.54) is 64.7 Å². The Balaban J connectivity index is 1.77. The Morgan fingerprint density at radius 2 is 2.06 bits per heavy atom. The molecule has 0 bridgehead atoms. The van der Waals surface area contributed by atoms with E-state index >= 15 is 0 Å². The molecule has 2 nitrogen and oxygen atoms in total. The lowest BCUT2D eigenvalue weighted by Crippen LogP contribution is -2.52. The maximum Gasteiger partial charge on any atom is 0.0195 e. The largest absolute Gasteiger partial charge is 0.311 e. The van der Waals surface area contributed by atoms with Gasteiger partial charge in [-0.25, -0.2) is 0 Å². The van der Waals surface area contributed by atoms with Crippen LogP contribution in [0.4, 0.5) is 0 Å². The van der Waals surface area contributed by atoms with E-state index in [0.29, 0.717) is 0 Å². The number of hydrogen-bond acceptors (Lipinski definition) is 2. The van der Waals surface area contributed by atoms with Crippen LogP contribution in [0.25, 0.3) is 0 Å². The monoisotopic (exact) mass is 238 g/mol. The summed E-state index contributed by atoms with van der Waals surface area (Å²) < 4.78 is 0. The minimum atomic E-state index is 0.757. The third-order valence-electron chi connectivity index (χ3n) is 4.76. The fourth-order valence-electron chi connectivity index (χ4n) is 3.60. The van der Waals surface area contributed by atoms with Crippen molar-refractivity contribution < 1.29 is 0 Å². The fourth-order valence-corrected chi connectivity index (χ4v) is 3.60. The Labute approximate surface area is 107 Å². The zero-order valence-corrected chi connectivity index (χ0v) is 11.8. The molecule has 1 aliphatic heterocycles. The van der Waals surface area contributed by atoms with Gasteiger partial charge in [-0.2, -0.15) is 0 Å². The third kappa shape index (κ3) is 3.96. The summed E-state index contributed by atoms with van der Waals surface area (Å²) in [5.74, 6) is 1.94. The van der Waals surface area contributed by atoms with Crippen LogP contribution in [-0.4, -0.2) is 37.1 Å². The van der Waals surface area contributed by atoms with Crippen molar-refractivity contribution in [1.82, 2.24) is 10.2 Å². The van der Waals surface area contributed by atoms with E-state index in [9.17, 15) is 0 Å². The van der Waals surface area contributed by atoms with Crippen LogP contribution in [0.15, 0.2) is 0 Å². The molecule has 2 heteroatoms. The predicted molar refractivity (Wildman–Crippen MR) is 74.3 cm³/mol. The Kier molecular flexibility index (Phi) is 5.30. The molecule has 1 N–H and O–H groups in total. The molecular formula is C15H30N2. The summed E-state index contributed by atoms with van der Waals surface area (Å²) in [6.45, 7) is 9.88. The van der Waals surface area contributed by atoms with E-state index in [1.54, 1.807) is 0 Å². The zero-order chi connectivity index (χ0) is 12.1. The van der Waals surface area contributed by atoms with Gasteiger partial charge in [-0.05, 0) is 24.7 Å². The van der Waals surface area contributed by atoms with Crippen LogP contribution in [0, 0.1) is 11.8 Å². The van der Waals surface area contributed by atoms with Gasteiger partial charge in [0.2, 0.25) is 0 Å². The van der Waals surface area contributed by atoms with Gasteiger partial charge >= 0.3 is 0 Å². The van der Waals surface area contributed by atoms with E-state index in [2.05, 4.69) is 24.1 Å². The van der Waals surface area contributed by atoms with Crippen molar-refractivity contribution in [3.63, 3.8) is 0 Å². The normalized spacial score (nSPS) is 36.0. The first kappa shape index (κ1) is 13.4. The highest BCUT2D eigenvalue weighted by molar-refractivity contribution is 4.82. The predicted octanol–water partition coefficient (Wildman–Crippen LogP) is 2.89. The number of hydrogen-bond donors (Lipinski definition) is 1. The van der Waals surface area contributed by atoms with E-state index in [0.717, 1.165) is 17.9 Å². The van der Waals surface area contributed by atoms with Gasteiger partial charge < -0.3 is 10.2 Å². The summed E-state index contributed by atoms with van der Waals surface area (Å²) in [4.78, 5) is 2.73. The van der Waals surface area contributed by atoms with Crippen LogP contribution < -0.4 is 5.32 Å². The molecule has 17 heavy (non-hydrogen) atoms. The van der Waals surface area contributed by atoms with Crippen molar-refractivity contribution >= 4 is 0 Å². The van der Waals surface area contributed by atoms with Crippen LogP contribution in [0.2, 0.25) is 0 Å². The molecule has 3 unspecified atom stereocenters. The van der Waals surface area contributed by atoms with Crippen LogP contribution in [0.3, 0.4) is 0 Å². The molecule has 0 aromatic carbocycles. The summed E-state index contributed by atoms with van der Waals surface area (Å²) in [5.41, 5.74) is 0. The number of nitrogens with one attached hydrogen (secondary N) is 1. The average molecular weight is 238 g/mol. The van der Waals surface area contributed by atoms with E-state index in [1.807, 2.05) is 0 Å². The first-order valence-electron chi connectivity index (χ1n) is 7.75. The number of rotatable bonds is 4. The molecule has 1 saturated carbocycles. The van der Waals surface area contributed by atoms with Crippen molar-refractivity contribution in [2.45, 2.75) is 58.4 Å². The summed E-state index contributed by atoms with van der Waals surface area (Å²) in [6, 6.07) is 0.757. The van der Waals surface area contributed by atoms with Gasteiger partial charge in [-0.3, -0.25) is 0 Å². The van der Waals surface area contributed by atoms with Crippen LogP contribution >= 0.6 is 0 Å². The maximum absolute atomic E-state index is 3.66. The summed E-state index contributed by atoms with van der Waals surface area (Å²) in [5, 5.41) is 3.66. The molecule has 2 aliphatic rings. The average Bonchev–Trinajstić information content (AvgIpc) is 2.33. The maximum atomic E-state index is 3.66. The molecule has 2 rings (SSSR count). The van der Waals surface area contributed by atoms with Crippen LogP contribution in [-0.2, 0) is 0 Å². The quantitative estimate of drug-likeness (QED) is 0.810. The van der Waals surface area contributed by atoms with Crippen molar-refractivity contribution in [2.75, 3.05) is 26.2 Å². The van der Waals surface area contributed by atoms with Gasteiger partial charge in [-0.1, -0.05) is 39.5 Å². The molecule has 0 aromatic rings. The van der Waals surface area contributed by atoms with Gasteiger partial charge in [-0.15, -0.1) is 0 Å². The minimum Gasteiger partial charge on any atom is -0.311 e. The van der Waals surface area contributed by atoms with Crippen molar-refractivity contribution in [3.05, 3.63) is 0 Å². The van der Waals surface area contributed by atoms with Crippen molar-refractivity contribution in [1.29, 1.82) is 0 Å². The molecular weight excluding hydrogens is 208 g/mol. The number of nitrogens with zero attached hydrogens (tertiary/aromatic N) is 1. The Bertz CT molecular complexity index is 215. The lowest BCUT2D eigenvalue weighted by molar-refractivity contribution is 0.127. The summed E-state index contributed by atoms with van der Waals surface area (Å²) in [6.07, 6.45) is 8.54. The van der Waals surface area contributed by atoms with Crippen molar-refractivity contribution in [3.8, 4) is 0 Å². The first-order chi connectivity index (χ1) is 8.29. The molecule has 3 atom stereocenters. The highest BCUT2D eigenvalue weighted by Gasteiger charge is 2.26. The lowest BCUT2D eigenvalue weighted by atomic mass is 9.80. The molecule has 0 amide bonds. The highest BCUT2D eigenvalue weighted by atomic mass is 15.2. The van der Waals surface area contributed by atoms with Gasteiger partial charge in [0.25, 0.3) is 0 Å². The zero-order valence-electron chi connectivity index (χ0n) is 11.8. The molecule has 0 radical (unpaired) electrons. The van der Waals surface area contributed by atoms with Gasteiger partial charge in [0.1, 0.15) is 0 Å². The summed E-state index contributed by atoms with van der Waals surface area (Å²) in [7, 11) is 0. The second-order valence-electron chi connectivity index (χ2n) is 6.22. The topological polar surface area (TPSA) is 15.3 Å². The first-order valence-corrected chi connectivity index (χ1v) is 7.75. The van der Waals surface area contributed by atoms with Crippen LogP contribution in [0.1, 0.15) is 52.4 Å². The van der Waals surface area contributed by atoms with Gasteiger partial charge in [0.15, 0.2) is 0 Å². The second kappa shape index (κ2) is 6.75. The van der Waals surface area contributed by atoms with Gasteiger partial charge in [0, 0.05) is 32.2 Å².